The second-order valence-corrected chi connectivity index (χ2v) is 5.42. The highest BCUT2D eigenvalue weighted by atomic mass is 35.5. The normalized spacial score (nSPS) is 13.1. The van der Waals surface area contributed by atoms with Gasteiger partial charge in [-0.1, -0.05) is 43.1 Å². The molecule has 0 aliphatic rings. The first-order chi connectivity index (χ1) is 7.99. The van der Waals surface area contributed by atoms with E-state index in [9.17, 15) is 0 Å². The van der Waals surface area contributed by atoms with E-state index in [4.69, 9.17) is 23.2 Å². The molecular weight excluding hydrogens is 255 g/mol. The minimum Gasteiger partial charge on any atom is -0.313 e. The molecule has 96 valence electrons. The summed E-state index contributed by atoms with van der Waals surface area (Å²) in [5, 5.41) is 8.20. The summed E-state index contributed by atoms with van der Waals surface area (Å²) in [7, 11) is 0. The third-order valence-electron chi connectivity index (χ3n) is 2.49. The van der Waals surface area contributed by atoms with Crippen LogP contribution in [-0.2, 0) is 6.54 Å². The molecule has 2 nitrogen and oxygen atoms in total. The smallest absolute Gasteiger partial charge is 0.0465 e. The topological polar surface area (TPSA) is 24.1 Å². The molecule has 0 aliphatic heterocycles. The number of hydrogen-bond acceptors (Lipinski definition) is 2. The van der Waals surface area contributed by atoms with Crippen molar-refractivity contribution in [3.8, 4) is 0 Å². The third kappa shape index (κ3) is 5.73. The van der Waals surface area contributed by atoms with Gasteiger partial charge in [-0.15, -0.1) is 0 Å². The first kappa shape index (κ1) is 14.8. The molecule has 0 heterocycles. The molecular formula is C13H20Cl2N2. The summed E-state index contributed by atoms with van der Waals surface area (Å²) in [6.07, 6.45) is 0. The average Bonchev–Trinajstić information content (AvgIpc) is 2.25. The van der Waals surface area contributed by atoms with Crippen molar-refractivity contribution in [2.24, 2.45) is 0 Å². The van der Waals surface area contributed by atoms with Crippen LogP contribution in [0, 0.1) is 0 Å². The van der Waals surface area contributed by atoms with Crippen LogP contribution in [0.5, 0.6) is 0 Å². The quantitative estimate of drug-likeness (QED) is 0.830. The fourth-order valence-corrected chi connectivity index (χ4v) is 1.91. The maximum Gasteiger partial charge on any atom is 0.0465 e. The SMILES string of the molecule is CC(C)NCC(C)NCc1ccc(Cl)cc1Cl. The van der Waals surface area contributed by atoms with E-state index in [0.717, 1.165) is 18.7 Å². The Balaban J connectivity index is 2.39. The van der Waals surface area contributed by atoms with Crippen molar-refractivity contribution in [3.63, 3.8) is 0 Å². The molecule has 0 amide bonds. The Bertz CT molecular complexity index is 353. The Morgan fingerprint density at radius 3 is 2.41 bits per heavy atom. The monoisotopic (exact) mass is 274 g/mol. The van der Waals surface area contributed by atoms with Crippen molar-refractivity contribution in [1.82, 2.24) is 10.6 Å². The number of rotatable bonds is 6. The summed E-state index contributed by atoms with van der Waals surface area (Å²) < 4.78 is 0. The third-order valence-corrected chi connectivity index (χ3v) is 3.08. The lowest BCUT2D eigenvalue weighted by atomic mass is 10.2. The molecule has 0 saturated heterocycles. The minimum atomic E-state index is 0.407. The summed E-state index contributed by atoms with van der Waals surface area (Å²) in [6, 6.07) is 6.52. The Labute approximate surface area is 114 Å². The van der Waals surface area contributed by atoms with Crippen LogP contribution in [0.15, 0.2) is 18.2 Å². The van der Waals surface area contributed by atoms with Crippen molar-refractivity contribution < 1.29 is 0 Å². The Kier molecular flexibility index (Phi) is 6.28. The van der Waals surface area contributed by atoms with E-state index in [-0.39, 0.29) is 0 Å². The van der Waals surface area contributed by atoms with E-state index in [2.05, 4.69) is 31.4 Å². The molecule has 0 bridgehead atoms. The lowest BCUT2D eigenvalue weighted by Gasteiger charge is -2.17. The molecule has 0 radical (unpaired) electrons. The zero-order valence-electron chi connectivity index (χ0n) is 10.6. The van der Waals surface area contributed by atoms with E-state index in [1.807, 2.05) is 12.1 Å². The highest BCUT2D eigenvalue weighted by Gasteiger charge is 2.05. The van der Waals surface area contributed by atoms with Crippen molar-refractivity contribution in [1.29, 1.82) is 0 Å². The van der Waals surface area contributed by atoms with Gasteiger partial charge in [0.2, 0.25) is 0 Å². The highest BCUT2D eigenvalue weighted by Crippen LogP contribution is 2.20. The molecule has 1 rings (SSSR count). The molecule has 2 N–H and O–H groups in total. The average molecular weight is 275 g/mol. The van der Waals surface area contributed by atoms with Gasteiger partial charge in [0.15, 0.2) is 0 Å². The van der Waals surface area contributed by atoms with Gasteiger partial charge in [0.25, 0.3) is 0 Å². The lowest BCUT2D eigenvalue weighted by Crippen LogP contribution is -2.38. The van der Waals surface area contributed by atoms with Crippen LogP contribution in [0.1, 0.15) is 26.3 Å². The fourth-order valence-electron chi connectivity index (χ4n) is 1.43. The summed E-state index contributed by atoms with van der Waals surface area (Å²) in [6.45, 7) is 8.14. The second kappa shape index (κ2) is 7.22. The van der Waals surface area contributed by atoms with Gasteiger partial charge in [0, 0.05) is 35.2 Å². The van der Waals surface area contributed by atoms with Crippen LogP contribution in [-0.4, -0.2) is 18.6 Å². The zero-order chi connectivity index (χ0) is 12.8. The standard InChI is InChI=1S/C13H20Cl2N2/c1-9(2)16-7-10(3)17-8-11-4-5-12(14)6-13(11)15/h4-6,9-10,16-17H,7-8H2,1-3H3. The fraction of sp³-hybridized carbons (Fsp3) is 0.538. The number of nitrogens with one attached hydrogen (secondary N) is 2. The number of halogens is 2. The van der Waals surface area contributed by atoms with Gasteiger partial charge in [-0.2, -0.15) is 0 Å². The van der Waals surface area contributed by atoms with E-state index in [0.29, 0.717) is 22.1 Å². The molecule has 1 atom stereocenters. The Hall–Kier alpha value is -0.280. The number of hydrogen-bond donors (Lipinski definition) is 2. The van der Waals surface area contributed by atoms with E-state index >= 15 is 0 Å². The second-order valence-electron chi connectivity index (χ2n) is 4.58. The summed E-state index contributed by atoms with van der Waals surface area (Å²) in [5.74, 6) is 0. The first-order valence-corrected chi connectivity index (χ1v) is 6.65. The van der Waals surface area contributed by atoms with Crippen LogP contribution >= 0.6 is 23.2 Å². The van der Waals surface area contributed by atoms with Gasteiger partial charge in [-0.3, -0.25) is 0 Å². The van der Waals surface area contributed by atoms with Crippen molar-refractivity contribution in [2.75, 3.05) is 6.54 Å². The van der Waals surface area contributed by atoms with Gasteiger partial charge in [0.1, 0.15) is 0 Å². The van der Waals surface area contributed by atoms with Crippen molar-refractivity contribution in [2.45, 2.75) is 39.4 Å². The molecule has 0 fully saturated rings. The van der Waals surface area contributed by atoms with Gasteiger partial charge < -0.3 is 10.6 Å². The summed E-state index contributed by atoms with van der Waals surface area (Å²) >= 11 is 11.9. The molecule has 0 spiro atoms. The van der Waals surface area contributed by atoms with Crippen molar-refractivity contribution >= 4 is 23.2 Å². The summed E-state index contributed by atoms with van der Waals surface area (Å²) in [5.41, 5.74) is 1.08. The molecule has 0 aliphatic carbocycles. The zero-order valence-corrected chi connectivity index (χ0v) is 12.1. The Morgan fingerprint density at radius 2 is 1.82 bits per heavy atom. The van der Waals surface area contributed by atoms with Gasteiger partial charge in [-0.25, -0.2) is 0 Å². The molecule has 0 aromatic heterocycles. The number of benzene rings is 1. The lowest BCUT2D eigenvalue weighted by molar-refractivity contribution is 0.474. The predicted molar refractivity (Wildman–Crippen MR) is 75.9 cm³/mol. The van der Waals surface area contributed by atoms with Gasteiger partial charge in [0.05, 0.1) is 0 Å². The molecule has 0 saturated carbocycles. The Morgan fingerprint density at radius 1 is 1.12 bits per heavy atom. The molecule has 1 aromatic rings. The van der Waals surface area contributed by atoms with E-state index in [1.165, 1.54) is 0 Å². The van der Waals surface area contributed by atoms with E-state index in [1.54, 1.807) is 6.07 Å². The van der Waals surface area contributed by atoms with Crippen LogP contribution in [0.25, 0.3) is 0 Å². The predicted octanol–water partition coefficient (Wildman–Crippen LogP) is 3.47. The van der Waals surface area contributed by atoms with Crippen LogP contribution in [0.4, 0.5) is 0 Å². The minimum absolute atomic E-state index is 0.407. The van der Waals surface area contributed by atoms with Crippen LogP contribution in [0.3, 0.4) is 0 Å². The van der Waals surface area contributed by atoms with Crippen LogP contribution < -0.4 is 10.6 Å². The molecule has 1 aromatic carbocycles. The largest absolute Gasteiger partial charge is 0.313 e. The first-order valence-electron chi connectivity index (χ1n) is 5.89. The molecule has 1 unspecified atom stereocenters. The van der Waals surface area contributed by atoms with Gasteiger partial charge >= 0.3 is 0 Å². The summed E-state index contributed by atoms with van der Waals surface area (Å²) in [4.78, 5) is 0. The maximum absolute atomic E-state index is 6.10. The molecule has 4 heteroatoms. The van der Waals surface area contributed by atoms with Gasteiger partial charge in [-0.05, 0) is 24.6 Å². The van der Waals surface area contributed by atoms with Crippen LogP contribution in [0.2, 0.25) is 10.0 Å². The van der Waals surface area contributed by atoms with Crippen molar-refractivity contribution in [3.05, 3.63) is 33.8 Å². The van der Waals surface area contributed by atoms with E-state index < -0.39 is 0 Å². The maximum atomic E-state index is 6.10. The molecule has 17 heavy (non-hydrogen) atoms. The highest BCUT2D eigenvalue weighted by molar-refractivity contribution is 6.35.